The molecule has 0 radical (unpaired) electrons. The number of nitrogen functional groups attached to an aromatic ring is 1. The van der Waals surface area contributed by atoms with Crippen molar-refractivity contribution in [2.45, 2.75) is 6.54 Å². The molecular weight excluding hydrogens is 450 g/mol. The summed E-state index contributed by atoms with van der Waals surface area (Å²) < 4.78 is 0. The van der Waals surface area contributed by atoms with Crippen molar-refractivity contribution in [1.82, 2.24) is 29.7 Å². The zero-order valence-corrected chi connectivity index (χ0v) is 19.7. The summed E-state index contributed by atoms with van der Waals surface area (Å²) in [6.07, 6.45) is 3.47. The number of rotatable bonds is 4. The molecule has 8 heteroatoms. The predicted molar refractivity (Wildman–Crippen MR) is 140 cm³/mol. The van der Waals surface area contributed by atoms with E-state index >= 15 is 0 Å². The SMILES string of the molecule is Nc1nc(CN2CCN(C(=O)c3cc(-c4ccncc4)nc4ccccc34)CC2)nc2ccccc12. The number of benzene rings is 2. The highest BCUT2D eigenvalue weighted by molar-refractivity contribution is 6.07. The zero-order chi connectivity index (χ0) is 24.5. The molecule has 2 N–H and O–H groups in total. The maximum Gasteiger partial charge on any atom is 0.254 e. The fraction of sp³-hybridized carbons (Fsp3) is 0.179. The van der Waals surface area contributed by atoms with Gasteiger partial charge in [0.05, 0.1) is 28.8 Å². The van der Waals surface area contributed by atoms with Gasteiger partial charge in [-0.15, -0.1) is 0 Å². The molecule has 0 unspecified atom stereocenters. The number of nitrogens with zero attached hydrogens (tertiary/aromatic N) is 6. The average molecular weight is 476 g/mol. The summed E-state index contributed by atoms with van der Waals surface area (Å²) in [5.74, 6) is 1.22. The first-order chi connectivity index (χ1) is 17.7. The van der Waals surface area contributed by atoms with Crippen molar-refractivity contribution >= 4 is 33.5 Å². The van der Waals surface area contributed by atoms with E-state index in [2.05, 4.69) is 19.9 Å². The highest BCUT2D eigenvalue weighted by Gasteiger charge is 2.25. The lowest BCUT2D eigenvalue weighted by Crippen LogP contribution is -2.48. The Morgan fingerprint density at radius 1 is 0.806 bits per heavy atom. The third kappa shape index (κ3) is 4.23. The summed E-state index contributed by atoms with van der Waals surface area (Å²) >= 11 is 0. The van der Waals surface area contributed by atoms with Crippen molar-refractivity contribution in [2.24, 2.45) is 0 Å². The molecule has 1 fully saturated rings. The molecule has 4 heterocycles. The van der Waals surface area contributed by atoms with Gasteiger partial charge in [-0.25, -0.2) is 15.0 Å². The van der Waals surface area contributed by atoms with Crippen molar-refractivity contribution in [2.75, 3.05) is 31.9 Å². The van der Waals surface area contributed by atoms with Crippen molar-refractivity contribution in [3.63, 3.8) is 0 Å². The first-order valence-electron chi connectivity index (χ1n) is 12.0. The fourth-order valence-corrected chi connectivity index (χ4v) is 4.72. The van der Waals surface area contributed by atoms with E-state index in [4.69, 9.17) is 10.7 Å². The summed E-state index contributed by atoms with van der Waals surface area (Å²) in [6, 6.07) is 21.3. The smallest absolute Gasteiger partial charge is 0.254 e. The number of anilines is 1. The van der Waals surface area contributed by atoms with Crippen LogP contribution in [0.3, 0.4) is 0 Å². The van der Waals surface area contributed by atoms with Gasteiger partial charge in [0.25, 0.3) is 5.91 Å². The van der Waals surface area contributed by atoms with E-state index in [-0.39, 0.29) is 5.91 Å². The third-order valence-corrected chi connectivity index (χ3v) is 6.63. The number of hydrogen-bond donors (Lipinski definition) is 1. The Kier molecular flexibility index (Phi) is 5.71. The molecule has 1 aliphatic rings. The first-order valence-corrected chi connectivity index (χ1v) is 12.0. The molecule has 2 aromatic carbocycles. The number of para-hydroxylation sites is 2. The molecule has 1 aliphatic heterocycles. The minimum Gasteiger partial charge on any atom is -0.383 e. The van der Waals surface area contributed by atoms with Crippen LogP contribution in [0.15, 0.2) is 79.1 Å². The average Bonchev–Trinajstić information content (AvgIpc) is 2.93. The maximum absolute atomic E-state index is 13.7. The fourth-order valence-electron chi connectivity index (χ4n) is 4.72. The van der Waals surface area contributed by atoms with Gasteiger partial charge in [0.15, 0.2) is 0 Å². The molecule has 0 aliphatic carbocycles. The maximum atomic E-state index is 13.7. The molecule has 8 nitrogen and oxygen atoms in total. The number of nitrogens with two attached hydrogens (primary N) is 1. The van der Waals surface area contributed by atoms with E-state index in [9.17, 15) is 4.79 Å². The Labute approximate surface area is 208 Å². The lowest BCUT2D eigenvalue weighted by atomic mass is 10.0. The molecule has 0 saturated carbocycles. The molecule has 1 saturated heterocycles. The Balaban J connectivity index is 1.21. The third-order valence-electron chi connectivity index (χ3n) is 6.63. The van der Waals surface area contributed by atoms with Crippen LogP contribution in [0.4, 0.5) is 5.82 Å². The molecule has 1 amide bonds. The first kappa shape index (κ1) is 22.1. The van der Waals surface area contributed by atoms with Gasteiger partial charge in [0.1, 0.15) is 11.6 Å². The van der Waals surface area contributed by atoms with E-state index in [0.717, 1.165) is 46.2 Å². The van der Waals surface area contributed by atoms with E-state index in [1.54, 1.807) is 12.4 Å². The van der Waals surface area contributed by atoms with Crippen LogP contribution in [0.25, 0.3) is 33.1 Å². The van der Waals surface area contributed by atoms with Gasteiger partial charge in [-0.05, 0) is 36.4 Å². The Hall–Kier alpha value is -4.43. The highest BCUT2D eigenvalue weighted by Crippen LogP contribution is 2.26. The van der Waals surface area contributed by atoms with Crippen molar-refractivity contribution in [3.05, 3.63) is 90.5 Å². The molecule has 3 aromatic heterocycles. The van der Waals surface area contributed by atoms with Crippen LogP contribution < -0.4 is 5.73 Å². The lowest BCUT2D eigenvalue weighted by Gasteiger charge is -2.34. The van der Waals surface area contributed by atoms with Gasteiger partial charge < -0.3 is 10.6 Å². The molecule has 6 rings (SSSR count). The normalized spacial score (nSPS) is 14.4. The van der Waals surface area contributed by atoms with Crippen molar-refractivity contribution in [1.29, 1.82) is 0 Å². The van der Waals surface area contributed by atoms with Gasteiger partial charge in [-0.1, -0.05) is 30.3 Å². The van der Waals surface area contributed by atoms with Crippen LogP contribution in [-0.2, 0) is 6.54 Å². The standard InChI is InChI=1S/C28H25N7O/c29-27-21-6-2-4-8-24(21)32-26(33-27)18-34-13-15-35(16-14-34)28(36)22-17-25(19-9-11-30-12-10-19)31-23-7-3-1-5-20(22)23/h1-12,17H,13-16,18H2,(H2,29,32,33). The highest BCUT2D eigenvalue weighted by atomic mass is 16.2. The van der Waals surface area contributed by atoms with Gasteiger partial charge in [-0.3, -0.25) is 14.7 Å². The van der Waals surface area contributed by atoms with Crippen molar-refractivity contribution < 1.29 is 4.79 Å². The van der Waals surface area contributed by atoms with Crippen LogP contribution in [0.5, 0.6) is 0 Å². The van der Waals surface area contributed by atoms with Gasteiger partial charge in [-0.2, -0.15) is 0 Å². The molecule has 0 bridgehead atoms. The van der Waals surface area contributed by atoms with Crippen LogP contribution in [0.1, 0.15) is 16.2 Å². The number of fused-ring (bicyclic) bond motifs is 2. The van der Waals surface area contributed by atoms with E-state index < -0.39 is 0 Å². The van der Waals surface area contributed by atoms with E-state index in [1.165, 1.54) is 0 Å². The van der Waals surface area contributed by atoms with Gasteiger partial charge in [0.2, 0.25) is 0 Å². The number of amides is 1. The summed E-state index contributed by atoms with van der Waals surface area (Å²) in [6.45, 7) is 3.33. The van der Waals surface area contributed by atoms with E-state index in [1.807, 2.05) is 71.6 Å². The minimum absolute atomic E-state index is 0.0229. The number of carbonyl (C=O) groups is 1. The number of pyridine rings is 2. The number of hydrogen-bond acceptors (Lipinski definition) is 7. The molecule has 0 spiro atoms. The molecular formula is C28H25N7O. The number of carbonyl (C=O) groups excluding carboxylic acids is 1. The van der Waals surface area contributed by atoms with Gasteiger partial charge in [0, 0.05) is 54.9 Å². The Morgan fingerprint density at radius 2 is 1.47 bits per heavy atom. The second kappa shape index (κ2) is 9.31. The molecule has 0 atom stereocenters. The van der Waals surface area contributed by atoms with Crippen LogP contribution in [-0.4, -0.2) is 61.8 Å². The Morgan fingerprint density at radius 3 is 2.22 bits per heavy atom. The number of piperazine rings is 1. The minimum atomic E-state index is 0.0229. The summed E-state index contributed by atoms with van der Waals surface area (Å²) in [5.41, 5.74) is 10.2. The lowest BCUT2D eigenvalue weighted by molar-refractivity contribution is 0.0627. The predicted octanol–water partition coefficient (Wildman–Crippen LogP) is 3.78. The topological polar surface area (TPSA) is 101 Å². The largest absolute Gasteiger partial charge is 0.383 e. The van der Waals surface area contributed by atoms with E-state index in [0.29, 0.717) is 36.8 Å². The summed E-state index contributed by atoms with van der Waals surface area (Å²) in [4.78, 5) is 35.9. The quantitative estimate of drug-likeness (QED) is 0.422. The summed E-state index contributed by atoms with van der Waals surface area (Å²) in [5, 5.41) is 1.73. The molecule has 178 valence electrons. The molecule has 36 heavy (non-hydrogen) atoms. The zero-order valence-electron chi connectivity index (χ0n) is 19.7. The number of aromatic nitrogens is 4. The van der Waals surface area contributed by atoms with Crippen LogP contribution >= 0.6 is 0 Å². The Bertz CT molecular complexity index is 1560. The van der Waals surface area contributed by atoms with Gasteiger partial charge >= 0.3 is 0 Å². The van der Waals surface area contributed by atoms with Crippen molar-refractivity contribution in [3.8, 4) is 11.3 Å². The monoisotopic (exact) mass is 475 g/mol. The van der Waals surface area contributed by atoms with Crippen LogP contribution in [0, 0.1) is 0 Å². The molecule has 5 aromatic rings. The second-order valence-corrected chi connectivity index (χ2v) is 8.92. The second-order valence-electron chi connectivity index (χ2n) is 8.92. The summed E-state index contributed by atoms with van der Waals surface area (Å²) in [7, 11) is 0. The van der Waals surface area contributed by atoms with Crippen LogP contribution in [0.2, 0.25) is 0 Å².